The zero-order valence-electron chi connectivity index (χ0n) is 12.6. The molecule has 0 aliphatic heterocycles. The van der Waals surface area contributed by atoms with Crippen LogP contribution in [0, 0.1) is 6.92 Å². The molecule has 108 valence electrons. The fourth-order valence-electron chi connectivity index (χ4n) is 3.35. The van der Waals surface area contributed by atoms with Crippen molar-refractivity contribution in [1.29, 1.82) is 0 Å². The van der Waals surface area contributed by atoms with Crippen molar-refractivity contribution in [2.24, 2.45) is 0 Å². The number of imidazole rings is 1. The summed E-state index contributed by atoms with van der Waals surface area (Å²) in [6.45, 7) is 4.41. The molecule has 0 fully saturated rings. The van der Waals surface area contributed by atoms with Crippen LogP contribution >= 0.6 is 11.3 Å². The number of rotatable bonds is 2. The Labute approximate surface area is 129 Å². The van der Waals surface area contributed by atoms with Gasteiger partial charge in [0, 0.05) is 21.8 Å². The summed E-state index contributed by atoms with van der Waals surface area (Å²) < 4.78 is 2.40. The van der Waals surface area contributed by atoms with Gasteiger partial charge >= 0.3 is 0 Å². The van der Waals surface area contributed by atoms with Gasteiger partial charge in [0.2, 0.25) is 0 Å². The third kappa shape index (κ3) is 2.03. The molecule has 0 radical (unpaired) electrons. The normalized spacial score (nSPS) is 14.6. The van der Waals surface area contributed by atoms with Crippen molar-refractivity contribution in [2.75, 3.05) is 0 Å². The summed E-state index contributed by atoms with van der Waals surface area (Å²) in [5.74, 6) is 0. The molecule has 0 saturated heterocycles. The molecule has 1 aliphatic rings. The van der Waals surface area contributed by atoms with E-state index in [0.29, 0.717) is 0 Å². The Morgan fingerprint density at radius 1 is 1.14 bits per heavy atom. The van der Waals surface area contributed by atoms with Crippen LogP contribution in [0.3, 0.4) is 0 Å². The van der Waals surface area contributed by atoms with Gasteiger partial charge in [-0.25, -0.2) is 4.98 Å². The first-order chi connectivity index (χ1) is 10.3. The van der Waals surface area contributed by atoms with Gasteiger partial charge in [-0.2, -0.15) is 0 Å². The van der Waals surface area contributed by atoms with Crippen molar-refractivity contribution in [3.05, 3.63) is 46.1 Å². The molecule has 2 heterocycles. The van der Waals surface area contributed by atoms with E-state index in [1.165, 1.54) is 53.2 Å². The maximum absolute atomic E-state index is 4.92. The Morgan fingerprint density at radius 3 is 2.67 bits per heavy atom. The van der Waals surface area contributed by atoms with E-state index in [1.807, 2.05) is 11.3 Å². The number of thiazole rings is 1. The van der Waals surface area contributed by atoms with Crippen LogP contribution in [0.25, 0.3) is 16.2 Å². The molecule has 0 saturated carbocycles. The van der Waals surface area contributed by atoms with Crippen LogP contribution in [0.1, 0.15) is 41.6 Å². The van der Waals surface area contributed by atoms with Crippen LogP contribution in [-0.4, -0.2) is 9.38 Å². The number of aromatic nitrogens is 2. The number of nitrogens with zero attached hydrogens (tertiary/aromatic N) is 2. The number of hydrogen-bond donors (Lipinski definition) is 0. The number of fused-ring (bicyclic) bond motifs is 3. The summed E-state index contributed by atoms with van der Waals surface area (Å²) in [6.07, 6.45) is 6.19. The fraction of sp³-hybridized carbons (Fsp3) is 0.389. The molecule has 1 aromatic carbocycles. The van der Waals surface area contributed by atoms with E-state index in [4.69, 9.17) is 4.98 Å². The Bertz CT molecular complexity index is 793. The second kappa shape index (κ2) is 4.99. The summed E-state index contributed by atoms with van der Waals surface area (Å²) in [7, 11) is 0. The van der Waals surface area contributed by atoms with E-state index in [9.17, 15) is 0 Å². The average Bonchev–Trinajstić information content (AvgIpc) is 3.04. The van der Waals surface area contributed by atoms with Crippen LogP contribution in [0.15, 0.2) is 24.3 Å². The maximum Gasteiger partial charge on any atom is 0.194 e. The second-order valence-electron chi connectivity index (χ2n) is 5.89. The van der Waals surface area contributed by atoms with Crippen LogP contribution < -0.4 is 0 Å². The second-order valence-corrected chi connectivity index (χ2v) is 6.96. The van der Waals surface area contributed by atoms with Crippen molar-refractivity contribution in [3.8, 4) is 11.3 Å². The quantitative estimate of drug-likeness (QED) is 0.663. The van der Waals surface area contributed by atoms with Crippen molar-refractivity contribution in [1.82, 2.24) is 9.38 Å². The lowest BCUT2D eigenvalue weighted by Gasteiger charge is -2.11. The van der Waals surface area contributed by atoms with Crippen molar-refractivity contribution < 1.29 is 0 Å². The van der Waals surface area contributed by atoms with Gasteiger partial charge in [-0.05, 0) is 44.6 Å². The topological polar surface area (TPSA) is 17.3 Å². The zero-order valence-corrected chi connectivity index (χ0v) is 13.5. The minimum absolute atomic E-state index is 1.09. The smallest absolute Gasteiger partial charge is 0.194 e. The van der Waals surface area contributed by atoms with Crippen molar-refractivity contribution >= 4 is 16.3 Å². The highest BCUT2D eigenvalue weighted by Crippen LogP contribution is 2.34. The van der Waals surface area contributed by atoms with Crippen molar-refractivity contribution in [2.45, 2.75) is 46.0 Å². The Balaban J connectivity index is 1.85. The van der Waals surface area contributed by atoms with E-state index in [0.717, 1.165) is 12.1 Å². The van der Waals surface area contributed by atoms with Crippen LogP contribution in [0.2, 0.25) is 0 Å². The van der Waals surface area contributed by atoms with Gasteiger partial charge < -0.3 is 0 Å². The molecule has 0 spiro atoms. The Morgan fingerprint density at radius 2 is 1.90 bits per heavy atom. The van der Waals surface area contributed by atoms with Crippen molar-refractivity contribution in [3.63, 3.8) is 0 Å². The van der Waals surface area contributed by atoms with Crippen LogP contribution in [0.4, 0.5) is 0 Å². The predicted molar refractivity (Wildman–Crippen MR) is 89.3 cm³/mol. The molecule has 3 aromatic rings. The number of benzene rings is 1. The maximum atomic E-state index is 4.92. The monoisotopic (exact) mass is 296 g/mol. The molecule has 0 bridgehead atoms. The van der Waals surface area contributed by atoms with Gasteiger partial charge in [-0.15, -0.1) is 11.3 Å². The van der Waals surface area contributed by atoms with E-state index < -0.39 is 0 Å². The van der Waals surface area contributed by atoms with Crippen LogP contribution in [0.5, 0.6) is 0 Å². The molecule has 2 aromatic heterocycles. The Kier molecular flexibility index (Phi) is 3.11. The molecule has 4 rings (SSSR count). The molecule has 0 N–H and O–H groups in total. The summed E-state index contributed by atoms with van der Waals surface area (Å²) in [5, 5.41) is 0. The molecular weight excluding hydrogens is 276 g/mol. The highest BCUT2D eigenvalue weighted by molar-refractivity contribution is 7.17. The summed E-state index contributed by atoms with van der Waals surface area (Å²) in [5.41, 5.74) is 6.59. The third-order valence-corrected chi connectivity index (χ3v) is 5.73. The molecule has 0 atom stereocenters. The number of hydrogen-bond acceptors (Lipinski definition) is 2. The molecular formula is C18H20N2S. The predicted octanol–water partition coefficient (Wildman–Crippen LogP) is 4.81. The van der Waals surface area contributed by atoms with Gasteiger partial charge in [0.25, 0.3) is 0 Å². The molecule has 2 nitrogen and oxygen atoms in total. The first kappa shape index (κ1) is 13.1. The number of aryl methyl sites for hydroxylation is 4. The zero-order chi connectivity index (χ0) is 14.4. The Hall–Kier alpha value is -1.61. The van der Waals surface area contributed by atoms with E-state index in [-0.39, 0.29) is 0 Å². The SMILES string of the molecule is CCc1ccc(-c2nc3sc4c(n3c2C)CCCC4)cc1. The fourth-order valence-corrected chi connectivity index (χ4v) is 4.61. The largest absolute Gasteiger partial charge is 0.291 e. The summed E-state index contributed by atoms with van der Waals surface area (Å²) >= 11 is 1.89. The minimum atomic E-state index is 1.09. The van der Waals surface area contributed by atoms with Crippen LogP contribution in [-0.2, 0) is 19.3 Å². The lowest BCUT2D eigenvalue weighted by Crippen LogP contribution is -2.03. The van der Waals surface area contributed by atoms with Gasteiger partial charge in [0.05, 0.1) is 5.69 Å². The molecule has 3 heteroatoms. The average molecular weight is 296 g/mol. The van der Waals surface area contributed by atoms with Gasteiger partial charge in [0.15, 0.2) is 4.96 Å². The molecule has 21 heavy (non-hydrogen) atoms. The minimum Gasteiger partial charge on any atom is -0.291 e. The molecule has 0 amide bonds. The van der Waals surface area contributed by atoms with E-state index in [1.54, 1.807) is 4.88 Å². The summed E-state index contributed by atoms with van der Waals surface area (Å²) in [4.78, 5) is 7.65. The van der Waals surface area contributed by atoms with Gasteiger partial charge in [-0.1, -0.05) is 31.2 Å². The molecule has 1 aliphatic carbocycles. The van der Waals surface area contributed by atoms with E-state index >= 15 is 0 Å². The molecule has 0 unspecified atom stereocenters. The highest BCUT2D eigenvalue weighted by Gasteiger charge is 2.21. The third-order valence-electron chi connectivity index (χ3n) is 4.59. The lowest BCUT2D eigenvalue weighted by molar-refractivity contribution is 0.672. The van der Waals surface area contributed by atoms with E-state index in [2.05, 4.69) is 42.5 Å². The lowest BCUT2D eigenvalue weighted by atomic mass is 10.0. The first-order valence-corrected chi connectivity index (χ1v) is 8.68. The first-order valence-electron chi connectivity index (χ1n) is 7.87. The highest BCUT2D eigenvalue weighted by atomic mass is 32.1. The van der Waals surface area contributed by atoms with Gasteiger partial charge in [-0.3, -0.25) is 4.40 Å². The van der Waals surface area contributed by atoms with Gasteiger partial charge in [0.1, 0.15) is 0 Å². The summed E-state index contributed by atoms with van der Waals surface area (Å²) in [6, 6.07) is 8.87. The standard InChI is InChI=1S/C18H20N2S/c1-3-13-8-10-14(11-9-13)17-12(2)20-15-6-4-5-7-16(15)21-18(20)19-17/h8-11H,3-7H2,1-2H3.